The summed E-state index contributed by atoms with van der Waals surface area (Å²) in [6.45, 7) is 5.11. The summed E-state index contributed by atoms with van der Waals surface area (Å²) in [5.74, 6) is 0. The molecule has 0 bridgehead atoms. The van der Waals surface area contributed by atoms with E-state index in [0.29, 0.717) is 17.7 Å². The molecule has 2 heterocycles. The van der Waals surface area contributed by atoms with Crippen LogP contribution in [-0.2, 0) is 0 Å². The van der Waals surface area contributed by atoms with E-state index in [1.165, 1.54) is 0 Å². The van der Waals surface area contributed by atoms with E-state index in [9.17, 15) is 0 Å². The number of nitrogen functional groups attached to an aromatic ring is 1. The van der Waals surface area contributed by atoms with E-state index in [1.807, 2.05) is 18.2 Å². The Morgan fingerprint density at radius 3 is 2.94 bits per heavy atom. The predicted molar refractivity (Wildman–Crippen MR) is 72.7 cm³/mol. The topological polar surface area (TPSA) is 58.5 Å². The molecule has 0 aliphatic carbocycles. The highest BCUT2D eigenvalue weighted by Gasteiger charge is 2.24. The minimum absolute atomic E-state index is 0.506. The predicted octanol–water partition coefficient (Wildman–Crippen LogP) is 1.55. The average Bonchev–Trinajstić information content (AvgIpc) is 2.78. The lowest BCUT2D eigenvalue weighted by Gasteiger charge is -2.36. The normalized spacial score (nSPS) is 21.7. The zero-order valence-corrected chi connectivity index (χ0v) is 10.8. The molecule has 96 valence electrons. The molecule has 2 N–H and O–H groups in total. The molecule has 0 amide bonds. The standard InChI is InChI=1S/C13H18N4O/c1-9-8-17(7-6-16(9)2)13-15-12-10(14)4-3-5-11(12)18-13/h3-5,9H,6-8,14H2,1-2H3. The van der Waals surface area contributed by atoms with Gasteiger partial charge >= 0.3 is 0 Å². The molecule has 0 spiro atoms. The van der Waals surface area contributed by atoms with Crippen molar-refractivity contribution in [2.24, 2.45) is 0 Å². The van der Waals surface area contributed by atoms with Gasteiger partial charge in [-0.25, -0.2) is 0 Å². The Bertz CT molecular complexity index is 565. The summed E-state index contributed by atoms with van der Waals surface area (Å²) >= 11 is 0. The minimum Gasteiger partial charge on any atom is -0.423 e. The molecule has 1 unspecified atom stereocenters. The third kappa shape index (κ3) is 1.80. The fourth-order valence-electron chi connectivity index (χ4n) is 2.32. The van der Waals surface area contributed by atoms with Crippen molar-refractivity contribution < 1.29 is 4.42 Å². The van der Waals surface area contributed by atoms with Crippen molar-refractivity contribution in [1.29, 1.82) is 0 Å². The number of nitrogens with zero attached hydrogens (tertiary/aromatic N) is 3. The molecule has 1 aliphatic heterocycles. The number of hydrogen-bond donors (Lipinski definition) is 1. The van der Waals surface area contributed by atoms with Crippen LogP contribution in [0.15, 0.2) is 22.6 Å². The van der Waals surface area contributed by atoms with Crippen molar-refractivity contribution in [1.82, 2.24) is 9.88 Å². The number of benzene rings is 1. The minimum atomic E-state index is 0.506. The summed E-state index contributed by atoms with van der Waals surface area (Å²) in [4.78, 5) is 9.04. The van der Waals surface area contributed by atoms with Crippen LogP contribution < -0.4 is 10.6 Å². The van der Waals surface area contributed by atoms with Gasteiger partial charge in [-0.1, -0.05) is 6.07 Å². The highest BCUT2D eigenvalue weighted by molar-refractivity contribution is 5.86. The molecule has 1 fully saturated rings. The van der Waals surface area contributed by atoms with Crippen LogP contribution in [0, 0.1) is 0 Å². The van der Waals surface area contributed by atoms with Gasteiger partial charge in [-0.15, -0.1) is 0 Å². The van der Waals surface area contributed by atoms with Crippen LogP contribution in [0.4, 0.5) is 11.7 Å². The molecule has 1 aliphatic rings. The molecule has 1 aromatic heterocycles. The summed E-state index contributed by atoms with van der Waals surface area (Å²) < 4.78 is 5.79. The lowest BCUT2D eigenvalue weighted by Crippen LogP contribution is -2.50. The maximum absolute atomic E-state index is 5.90. The molecule has 0 saturated carbocycles. The number of nitrogens with two attached hydrogens (primary N) is 1. The quantitative estimate of drug-likeness (QED) is 0.774. The van der Waals surface area contributed by atoms with Gasteiger partial charge in [0.15, 0.2) is 5.58 Å². The maximum atomic E-state index is 5.90. The Balaban J connectivity index is 1.93. The van der Waals surface area contributed by atoms with Gasteiger partial charge in [0.2, 0.25) is 0 Å². The molecular formula is C13H18N4O. The van der Waals surface area contributed by atoms with Gasteiger partial charge in [-0.05, 0) is 26.1 Å². The SMILES string of the molecule is CC1CN(c2nc3c(N)cccc3o2)CCN1C. The summed E-state index contributed by atoms with van der Waals surface area (Å²) in [7, 11) is 2.14. The third-order valence-corrected chi connectivity index (χ3v) is 3.67. The van der Waals surface area contributed by atoms with Crippen LogP contribution in [0.1, 0.15) is 6.92 Å². The van der Waals surface area contributed by atoms with Gasteiger partial charge in [-0.2, -0.15) is 4.98 Å². The van der Waals surface area contributed by atoms with Gasteiger partial charge in [0.05, 0.1) is 5.69 Å². The average molecular weight is 246 g/mol. The van der Waals surface area contributed by atoms with Gasteiger partial charge in [0.25, 0.3) is 6.01 Å². The van der Waals surface area contributed by atoms with Gasteiger partial charge in [-0.3, -0.25) is 0 Å². The van der Waals surface area contributed by atoms with Crippen molar-refractivity contribution in [3.63, 3.8) is 0 Å². The van der Waals surface area contributed by atoms with E-state index in [0.717, 1.165) is 30.7 Å². The Morgan fingerprint density at radius 1 is 1.39 bits per heavy atom. The maximum Gasteiger partial charge on any atom is 0.298 e. The number of rotatable bonds is 1. The molecule has 0 radical (unpaired) electrons. The highest BCUT2D eigenvalue weighted by atomic mass is 16.4. The van der Waals surface area contributed by atoms with Crippen LogP contribution >= 0.6 is 0 Å². The number of likely N-dealkylation sites (N-methyl/N-ethyl adjacent to an activating group) is 1. The Kier molecular flexibility index (Phi) is 2.63. The molecule has 1 saturated heterocycles. The molecule has 18 heavy (non-hydrogen) atoms. The number of para-hydroxylation sites is 1. The molecule has 1 aromatic carbocycles. The monoisotopic (exact) mass is 246 g/mol. The van der Waals surface area contributed by atoms with Gasteiger partial charge < -0.3 is 20.0 Å². The number of fused-ring (bicyclic) bond motifs is 1. The van der Waals surface area contributed by atoms with Crippen LogP contribution in [0.25, 0.3) is 11.1 Å². The Labute approximate surface area is 106 Å². The first-order valence-corrected chi connectivity index (χ1v) is 6.25. The summed E-state index contributed by atoms with van der Waals surface area (Å²) in [6.07, 6.45) is 0. The number of oxazole rings is 1. The summed E-state index contributed by atoms with van der Waals surface area (Å²) in [5, 5.41) is 0. The Hall–Kier alpha value is -1.75. The molecule has 2 aromatic rings. The lowest BCUT2D eigenvalue weighted by molar-refractivity contribution is 0.229. The smallest absolute Gasteiger partial charge is 0.298 e. The molecule has 1 atom stereocenters. The number of piperazine rings is 1. The van der Waals surface area contributed by atoms with Crippen molar-refractivity contribution in [3.05, 3.63) is 18.2 Å². The molecule has 5 heteroatoms. The van der Waals surface area contributed by atoms with E-state index < -0.39 is 0 Å². The van der Waals surface area contributed by atoms with Crippen molar-refractivity contribution in [3.8, 4) is 0 Å². The van der Waals surface area contributed by atoms with Crippen LogP contribution in [-0.4, -0.2) is 42.6 Å². The third-order valence-electron chi connectivity index (χ3n) is 3.67. The van der Waals surface area contributed by atoms with Crippen LogP contribution in [0.3, 0.4) is 0 Å². The lowest BCUT2D eigenvalue weighted by atomic mass is 10.2. The van der Waals surface area contributed by atoms with Crippen molar-refractivity contribution in [2.75, 3.05) is 37.3 Å². The summed E-state index contributed by atoms with van der Waals surface area (Å²) in [6, 6.07) is 6.83. The molecule has 3 rings (SSSR count). The number of hydrogen-bond acceptors (Lipinski definition) is 5. The second-order valence-electron chi connectivity index (χ2n) is 4.97. The van der Waals surface area contributed by atoms with Gasteiger partial charge in [0.1, 0.15) is 5.52 Å². The first-order chi connectivity index (χ1) is 8.65. The largest absolute Gasteiger partial charge is 0.423 e. The van der Waals surface area contributed by atoms with E-state index in [-0.39, 0.29) is 0 Å². The second-order valence-corrected chi connectivity index (χ2v) is 4.97. The summed E-state index contributed by atoms with van der Waals surface area (Å²) in [5.41, 5.74) is 8.09. The van der Waals surface area contributed by atoms with E-state index in [2.05, 4.69) is 28.8 Å². The zero-order valence-electron chi connectivity index (χ0n) is 10.8. The number of aromatic nitrogens is 1. The molecular weight excluding hydrogens is 228 g/mol. The van der Waals surface area contributed by atoms with Crippen LogP contribution in [0.2, 0.25) is 0 Å². The fraction of sp³-hybridized carbons (Fsp3) is 0.462. The Morgan fingerprint density at radius 2 is 2.22 bits per heavy atom. The molecule has 5 nitrogen and oxygen atoms in total. The zero-order chi connectivity index (χ0) is 12.7. The first kappa shape index (κ1) is 11.3. The van der Waals surface area contributed by atoms with Gasteiger partial charge in [0, 0.05) is 25.7 Å². The first-order valence-electron chi connectivity index (χ1n) is 6.25. The van der Waals surface area contributed by atoms with Crippen molar-refractivity contribution >= 4 is 22.8 Å². The van der Waals surface area contributed by atoms with E-state index >= 15 is 0 Å². The van der Waals surface area contributed by atoms with Crippen LogP contribution in [0.5, 0.6) is 0 Å². The van der Waals surface area contributed by atoms with E-state index in [1.54, 1.807) is 0 Å². The number of anilines is 2. The van der Waals surface area contributed by atoms with E-state index in [4.69, 9.17) is 10.2 Å². The highest BCUT2D eigenvalue weighted by Crippen LogP contribution is 2.26. The fourth-order valence-corrected chi connectivity index (χ4v) is 2.32. The second kappa shape index (κ2) is 4.17. The van der Waals surface area contributed by atoms with Crippen molar-refractivity contribution in [2.45, 2.75) is 13.0 Å².